The van der Waals surface area contributed by atoms with Gasteiger partial charge in [-0.2, -0.15) is 0 Å². The molecule has 0 aromatic heterocycles. The van der Waals surface area contributed by atoms with E-state index in [2.05, 4.69) is 10.6 Å². The van der Waals surface area contributed by atoms with E-state index in [-0.39, 0.29) is 30.5 Å². The lowest BCUT2D eigenvalue weighted by molar-refractivity contribution is -0.115. The van der Waals surface area contributed by atoms with E-state index in [1.807, 2.05) is 31.2 Å². The molecule has 1 amide bonds. The molecule has 1 aliphatic rings. The fourth-order valence-corrected chi connectivity index (χ4v) is 3.79. The molecule has 0 radical (unpaired) electrons. The van der Waals surface area contributed by atoms with Gasteiger partial charge in [-0.05, 0) is 36.4 Å². The SMILES string of the molecule is CCNCc1cccc(NC(=O)CCS(=O)c2ccc3c(c2)OCCO3)c1.Cl. The van der Waals surface area contributed by atoms with Gasteiger partial charge in [-0.25, -0.2) is 0 Å². The Morgan fingerprint density at radius 3 is 2.68 bits per heavy atom. The quantitative estimate of drug-likeness (QED) is 0.680. The summed E-state index contributed by atoms with van der Waals surface area (Å²) in [4.78, 5) is 12.8. The Morgan fingerprint density at radius 1 is 1.11 bits per heavy atom. The van der Waals surface area contributed by atoms with Crippen molar-refractivity contribution in [2.24, 2.45) is 0 Å². The first kappa shape index (κ1) is 22.2. The van der Waals surface area contributed by atoms with E-state index in [4.69, 9.17) is 9.47 Å². The van der Waals surface area contributed by atoms with E-state index >= 15 is 0 Å². The third-order valence-electron chi connectivity index (χ3n) is 4.08. The largest absolute Gasteiger partial charge is 0.486 e. The lowest BCUT2D eigenvalue weighted by atomic mass is 10.2. The van der Waals surface area contributed by atoms with Crippen molar-refractivity contribution in [1.82, 2.24) is 5.32 Å². The molecule has 0 bridgehead atoms. The number of carbonyl (C=O) groups is 1. The van der Waals surface area contributed by atoms with Gasteiger partial charge in [-0.1, -0.05) is 19.1 Å². The number of ether oxygens (including phenoxy) is 2. The number of halogens is 1. The summed E-state index contributed by atoms with van der Waals surface area (Å²) in [7, 11) is -1.28. The summed E-state index contributed by atoms with van der Waals surface area (Å²) in [6.45, 7) is 4.70. The second-order valence-electron chi connectivity index (χ2n) is 6.13. The maximum absolute atomic E-state index is 12.5. The predicted octanol–water partition coefficient (Wildman–Crippen LogP) is 3.13. The van der Waals surface area contributed by atoms with Crippen LogP contribution < -0.4 is 20.1 Å². The van der Waals surface area contributed by atoms with Crippen molar-refractivity contribution in [3.05, 3.63) is 48.0 Å². The van der Waals surface area contributed by atoms with Gasteiger partial charge in [0.15, 0.2) is 11.5 Å². The monoisotopic (exact) mass is 424 g/mol. The van der Waals surface area contributed by atoms with Crippen LogP contribution in [0, 0.1) is 0 Å². The Morgan fingerprint density at radius 2 is 1.89 bits per heavy atom. The summed E-state index contributed by atoms with van der Waals surface area (Å²) in [5.74, 6) is 1.37. The van der Waals surface area contributed by atoms with Crippen LogP contribution in [-0.2, 0) is 22.1 Å². The number of hydrogen-bond acceptors (Lipinski definition) is 5. The molecule has 152 valence electrons. The highest BCUT2D eigenvalue weighted by atomic mass is 35.5. The Hall–Kier alpha value is -2.09. The Labute approximate surface area is 173 Å². The highest BCUT2D eigenvalue weighted by Gasteiger charge is 2.15. The van der Waals surface area contributed by atoms with Gasteiger partial charge in [0.1, 0.15) is 13.2 Å². The van der Waals surface area contributed by atoms with Crippen LogP contribution in [0.5, 0.6) is 11.5 Å². The Kier molecular flexibility index (Phi) is 8.76. The second kappa shape index (κ2) is 11.0. The molecule has 28 heavy (non-hydrogen) atoms. The first-order valence-electron chi connectivity index (χ1n) is 9.03. The van der Waals surface area contributed by atoms with E-state index in [9.17, 15) is 9.00 Å². The maximum Gasteiger partial charge on any atom is 0.225 e. The van der Waals surface area contributed by atoms with Crippen LogP contribution in [0.3, 0.4) is 0 Å². The van der Waals surface area contributed by atoms with Crippen LogP contribution in [0.1, 0.15) is 18.9 Å². The first-order valence-corrected chi connectivity index (χ1v) is 10.3. The number of benzene rings is 2. The fourth-order valence-electron chi connectivity index (χ4n) is 2.72. The van der Waals surface area contributed by atoms with Crippen LogP contribution in [0.2, 0.25) is 0 Å². The molecule has 0 saturated heterocycles. The standard InChI is InChI=1S/C20H24N2O4S.ClH/c1-2-21-14-15-4-3-5-16(12-15)22-20(23)8-11-27(24)17-6-7-18-19(13-17)26-10-9-25-18;/h3-7,12-13,21H,2,8-11,14H2,1H3,(H,22,23);1H. The summed E-state index contributed by atoms with van der Waals surface area (Å²) in [6, 6.07) is 13.0. The van der Waals surface area contributed by atoms with Crippen LogP contribution in [-0.4, -0.2) is 35.6 Å². The third kappa shape index (κ3) is 6.22. The van der Waals surface area contributed by atoms with Crippen molar-refractivity contribution in [2.75, 3.05) is 30.8 Å². The van der Waals surface area contributed by atoms with Crippen molar-refractivity contribution < 1.29 is 18.5 Å². The van der Waals surface area contributed by atoms with Gasteiger partial charge in [0.2, 0.25) is 5.91 Å². The van der Waals surface area contributed by atoms with E-state index in [1.165, 1.54) is 0 Å². The van der Waals surface area contributed by atoms with Gasteiger partial charge in [0, 0.05) is 35.4 Å². The number of anilines is 1. The van der Waals surface area contributed by atoms with E-state index in [0.29, 0.717) is 29.6 Å². The topological polar surface area (TPSA) is 76.7 Å². The van der Waals surface area contributed by atoms with Gasteiger partial charge in [-0.3, -0.25) is 9.00 Å². The summed E-state index contributed by atoms with van der Waals surface area (Å²) < 4.78 is 23.5. The smallest absolute Gasteiger partial charge is 0.225 e. The normalized spacial score (nSPS) is 13.3. The number of nitrogens with one attached hydrogen (secondary N) is 2. The second-order valence-corrected chi connectivity index (χ2v) is 7.70. The molecule has 8 heteroatoms. The zero-order valence-electron chi connectivity index (χ0n) is 15.7. The first-order chi connectivity index (χ1) is 13.2. The minimum Gasteiger partial charge on any atom is -0.486 e. The number of rotatable bonds is 8. The third-order valence-corrected chi connectivity index (χ3v) is 5.44. The average molecular weight is 425 g/mol. The highest BCUT2D eigenvalue weighted by molar-refractivity contribution is 7.85. The van der Waals surface area contributed by atoms with Crippen LogP contribution in [0.15, 0.2) is 47.4 Å². The average Bonchev–Trinajstić information content (AvgIpc) is 2.70. The maximum atomic E-state index is 12.5. The minimum absolute atomic E-state index is 0. The summed E-state index contributed by atoms with van der Waals surface area (Å²) in [5, 5.41) is 6.12. The van der Waals surface area contributed by atoms with Crippen LogP contribution in [0.25, 0.3) is 0 Å². The van der Waals surface area contributed by atoms with Crippen molar-refractivity contribution in [3.8, 4) is 11.5 Å². The molecule has 0 spiro atoms. The Bertz CT molecular complexity index is 832. The lowest BCUT2D eigenvalue weighted by Crippen LogP contribution is -2.17. The van der Waals surface area contributed by atoms with E-state index < -0.39 is 10.8 Å². The molecule has 1 atom stereocenters. The molecule has 0 fully saturated rings. The summed E-state index contributed by atoms with van der Waals surface area (Å²) >= 11 is 0. The van der Waals surface area contributed by atoms with E-state index in [0.717, 1.165) is 24.3 Å². The minimum atomic E-state index is -1.28. The number of hydrogen-bond donors (Lipinski definition) is 2. The van der Waals surface area contributed by atoms with Crippen LogP contribution >= 0.6 is 12.4 Å². The van der Waals surface area contributed by atoms with Gasteiger partial charge < -0.3 is 20.1 Å². The Balaban J connectivity index is 0.00000280. The number of carbonyl (C=O) groups excluding carboxylic acids is 1. The molecular formula is C20H25ClN2O4S. The van der Waals surface area contributed by atoms with Crippen molar-refractivity contribution in [3.63, 3.8) is 0 Å². The fraction of sp³-hybridized carbons (Fsp3) is 0.350. The molecule has 1 unspecified atom stereocenters. The summed E-state index contributed by atoms with van der Waals surface area (Å²) in [6.07, 6.45) is 0.179. The zero-order valence-corrected chi connectivity index (χ0v) is 17.4. The van der Waals surface area contributed by atoms with Crippen molar-refractivity contribution in [1.29, 1.82) is 0 Å². The molecule has 0 saturated carbocycles. The van der Waals surface area contributed by atoms with Crippen molar-refractivity contribution >= 4 is 34.8 Å². The van der Waals surface area contributed by atoms with E-state index in [1.54, 1.807) is 18.2 Å². The lowest BCUT2D eigenvalue weighted by Gasteiger charge is -2.18. The van der Waals surface area contributed by atoms with Crippen LogP contribution in [0.4, 0.5) is 5.69 Å². The molecule has 3 rings (SSSR count). The molecule has 0 aliphatic carbocycles. The molecule has 2 aromatic rings. The van der Waals surface area contributed by atoms with Gasteiger partial charge >= 0.3 is 0 Å². The molecule has 1 aliphatic heterocycles. The summed E-state index contributed by atoms with van der Waals surface area (Å²) in [5.41, 5.74) is 1.86. The molecular weight excluding hydrogens is 400 g/mol. The number of fused-ring (bicyclic) bond motifs is 1. The van der Waals surface area contributed by atoms with Gasteiger partial charge in [0.25, 0.3) is 0 Å². The number of amides is 1. The molecule has 1 heterocycles. The molecule has 6 nitrogen and oxygen atoms in total. The molecule has 2 N–H and O–H groups in total. The highest BCUT2D eigenvalue weighted by Crippen LogP contribution is 2.31. The van der Waals surface area contributed by atoms with Gasteiger partial charge in [-0.15, -0.1) is 12.4 Å². The zero-order chi connectivity index (χ0) is 19.1. The van der Waals surface area contributed by atoms with Gasteiger partial charge in [0.05, 0.1) is 10.8 Å². The van der Waals surface area contributed by atoms with Crippen molar-refractivity contribution in [2.45, 2.75) is 24.8 Å². The molecule has 2 aromatic carbocycles. The predicted molar refractivity (Wildman–Crippen MR) is 113 cm³/mol.